The van der Waals surface area contributed by atoms with Gasteiger partial charge in [0.15, 0.2) is 5.78 Å². The summed E-state index contributed by atoms with van der Waals surface area (Å²) in [5.41, 5.74) is 17.9. The van der Waals surface area contributed by atoms with Crippen molar-refractivity contribution in [2.24, 2.45) is 5.73 Å². The molecule has 43 heavy (non-hydrogen) atoms. The molecule has 234 valence electrons. The van der Waals surface area contributed by atoms with Crippen LogP contribution in [0.4, 0.5) is 11.4 Å². The van der Waals surface area contributed by atoms with Gasteiger partial charge in [-0.25, -0.2) is 0 Å². The summed E-state index contributed by atoms with van der Waals surface area (Å²) in [4.78, 5) is 17.9. The predicted octanol–water partition coefficient (Wildman–Crippen LogP) is 4.57. The first-order chi connectivity index (χ1) is 20.8. The number of piperidine rings is 1. The third-order valence-corrected chi connectivity index (χ3v) is 7.83. The number of likely N-dealkylation sites (tertiary alicyclic amines) is 1. The molecule has 0 amide bonds. The van der Waals surface area contributed by atoms with Crippen molar-refractivity contribution >= 4 is 23.2 Å². The Hall–Kier alpha value is -3.27. The molecular weight excluding hydrogens is 538 g/mol. The van der Waals surface area contributed by atoms with Crippen molar-refractivity contribution in [3.8, 4) is 0 Å². The first-order valence-electron chi connectivity index (χ1n) is 15.5. The second-order valence-corrected chi connectivity index (χ2v) is 11.2. The van der Waals surface area contributed by atoms with Crippen LogP contribution in [0, 0.1) is 0 Å². The highest BCUT2D eigenvalue weighted by molar-refractivity contribution is 6.01. The number of β-amino-alcohol motifs (C(OH)–C–C–N with tert-alkyl or cyclic N) is 1. The summed E-state index contributed by atoms with van der Waals surface area (Å²) in [7, 11) is 1.90. The number of hydrogen-bond acceptors (Lipinski definition) is 8. The summed E-state index contributed by atoms with van der Waals surface area (Å²) in [6.07, 6.45) is 10.1. The van der Waals surface area contributed by atoms with Crippen LogP contribution in [0.3, 0.4) is 0 Å². The Morgan fingerprint density at radius 3 is 2.58 bits per heavy atom. The highest BCUT2D eigenvalue weighted by Crippen LogP contribution is 2.29. The number of nitrogens with one attached hydrogen (secondary N) is 1. The lowest BCUT2D eigenvalue weighted by molar-refractivity contribution is 0.0977. The highest BCUT2D eigenvalue weighted by Gasteiger charge is 2.22. The van der Waals surface area contributed by atoms with Crippen molar-refractivity contribution in [2.75, 3.05) is 63.6 Å². The minimum Gasteiger partial charge on any atom is -0.398 e. The van der Waals surface area contributed by atoms with Gasteiger partial charge in [0.2, 0.25) is 0 Å². The molecule has 1 heterocycles. The number of hydrogen-bond donors (Lipinski definition) is 4. The second-order valence-electron chi connectivity index (χ2n) is 11.2. The first-order valence-corrected chi connectivity index (χ1v) is 15.5. The van der Waals surface area contributed by atoms with Gasteiger partial charge in [-0.05, 0) is 101 Å². The molecular formula is C35H51N5O3. The molecule has 2 aromatic rings. The molecule has 1 unspecified atom stereocenters. The van der Waals surface area contributed by atoms with E-state index in [1.165, 1.54) is 5.56 Å². The van der Waals surface area contributed by atoms with Crippen LogP contribution in [-0.2, 0) is 4.74 Å². The maximum atomic E-state index is 13.4. The molecule has 2 aromatic carbocycles. The van der Waals surface area contributed by atoms with E-state index in [0.717, 1.165) is 62.4 Å². The van der Waals surface area contributed by atoms with E-state index in [1.54, 1.807) is 12.2 Å². The van der Waals surface area contributed by atoms with Crippen molar-refractivity contribution in [3.63, 3.8) is 0 Å². The average Bonchev–Trinajstić information content (AvgIpc) is 3.01. The van der Waals surface area contributed by atoms with Gasteiger partial charge in [0.25, 0.3) is 0 Å². The molecule has 8 nitrogen and oxygen atoms in total. The van der Waals surface area contributed by atoms with Crippen LogP contribution in [0.2, 0.25) is 0 Å². The minimum absolute atomic E-state index is 0.139. The Bertz CT molecular complexity index is 1220. The van der Waals surface area contributed by atoms with Crippen LogP contribution in [0.5, 0.6) is 0 Å². The number of benzene rings is 2. The first kappa shape index (κ1) is 34.2. The third-order valence-electron chi connectivity index (χ3n) is 7.83. The van der Waals surface area contributed by atoms with Gasteiger partial charge >= 0.3 is 0 Å². The lowest BCUT2D eigenvalue weighted by Gasteiger charge is -2.32. The summed E-state index contributed by atoms with van der Waals surface area (Å²) < 4.78 is 5.59. The number of nitrogen functional groups attached to an aromatic ring is 1. The topological polar surface area (TPSA) is 117 Å². The second kappa shape index (κ2) is 17.8. The number of nitrogens with two attached hydrogens (primary N) is 2. The van der Waals surface area contributed by atoms with Gasteiger partial charge in [-0.1, -0.05) is 43.0 Å². The molecule has 0 spiro atoms. The zero-order valence-corrected chi connectivity index (χ0v) is 26.2. The number of ketones is 1. The number of aliphatic hydroxyl groups is 1. The summed E-state index contributed by atoms with van der Waals surface area (Å²) >= 11 is 0. The quantitative estimate of drug-likeness (QED) is 0.0918. The van der Waals surface area contributed by atoms with Crippen LogP contribution in [0.1, 0.15) is 60.5 Å². The van der Waals surface area contributed by atoms with Crippen molar-refractivity contribution in [2.45, 2.75) is 51.2 Å². The fourth-order valence-corrected chi connectivity index (χ4v) is 5.52. The molecule has 1 fully saturated rings. The molecule has 6 N–H and O–H groups in total. The number of likely N-dealkylation sites (N-methyl/N-ethyl adjacent to an activating group) is 1. The maximum absolute atomic E-state index is 13.4. The lowest BCUT2D eigenvalue weighted by Crippen LogP contribution is -2.37. The average molecular weight is 590 g/mol. The van der Waals surface area contributed by atoms with Gasteiger partial charge in [0, 0.05) is 55.5 Å². The Balaban J connectivity index is 1.77. The zero-order chi connectivity index (χ0) is 31.2. The van der Waals surface area contributed by atoms with Crippen LogP contribution < -0.4 is 21.7 Å². The molecule has 0 aliphatic carbocycles. The van der Waals surface area contributed by atoms with E-state index in [1.807, 2.05) is 63.4 Å². The van der Waals surface area contributed by atoms with Crippen LogP contribution in [0.25, 0.3) is 6.08 Å². The Kier molecular flexibility index (Phi) is 14.1. The van der Waals surface area contributed by atoms with Gasteiger partial charge in [0.1, 0.15) is 0 Å². The van der Waals surface area contributed by atoms with E-state index < -0.39 is 6.04 Å². The summed E-state index contributed by atoms with van der Waals surface area (Å²) in [5, 5.41) is 12.8. The SMILES string of the molecule is C=C/C(=C\C(N)C(=O)c1ccc(C2CCN(C[C@@H](C)O)CC2)cc1)N(CCCOCC)c1ccc(N)c(C=CCNC)c1. The molecule has 2 atom stereocenters. The van der Waals surface area contributed by atoms with Crippen LogP contribution in [0.15, 0.2) is 73.0 Å². The van der Waals surface area contributed by atoms with E-state index in [0.29, 0.717) is 36.9 Å². The minimum atomic E-state index is -0.833. The summed E-state index contributed by atoms with van der Waals surface area (Å²) in [6, 6.07) is 13.0. The molecule has 3 rings (SSSR count). The van der Waals surface area contributed by atoms with E-state index in [9.17, 15) is 9.90 Å². The van der Waals surface area contributed by atoms with Crippen LogP contribution >= 0.6 is 0 Å². The lowest BCUT2D eigenvalue weighted by atomic mass is 9.88. The van der Waals surface area contributed by atoms with Crippen molar-refractivity contribution in [3.05, 3.63) is 89.7 Å². The number of ether oxygens (including phenoxy) is 1. The smallest absolute Gasteiger partial charge is 0.183 e. The van der Waals surface area contributed by atoms with E-state index in [-0.39, 0.29) is 11.9 Å². The Morgan fingerprint density at radius 2 is 1.95 bits per heavy atom. The normalized spacial score (nSPS) is 16.3. The Labute approximate surface area is 258 Å². The number of allylic oxidation sites excluding steroid dienone is 1. The fraction of sp³-hybridized carbons (Fsp3) is 0.457. The van der Waals surface area contributed by atoms with Gasteiger partial charge in [-0.3, -0.25) is 4.79 Å². The largest absolute Gasteiger partial charge is 0.398 e. The fourth-order valence-electron chi connectivity index (χ4n) is 5.52. The maximum Gasteiger partial charge on any atom is 0.183 e. The van der Waals surface area contributed by atoms with E-state index >= 15 is 0 Å². The monoisotopic (exact) mass is 589 g/mol. The van der Waals surface area contributed by atoms with Crippen molar-refractivity contribution in [1.29, 1.82) is 0 Å². The number of nitrogens with zero attached hydrogens (tertiary/aromatic N) is 2. The van der Waals surface area contributed by atoms with E-state index in [4.69, 9.17) is 16.2 Å². The number of aliphatic hydroxyl groups excluding tert-OH is 1. The number of carbonyl (C=O) groups excluding carboxylic acids is 1. The Morgan fingerprint density at radius 1 is 1.23 bits per heavy atom. The van der Waals surface area contributed by atoms with Crippen LogP contribution in [-0.4, -0.2) is 80.9 Å². The highest BCUT2D eigenvalue weighted by atomic mass is 16.5. The van der Waals surface area contributed by atoms with Gasteiger partial charge in [0.05, 0.1) is 12.1 Å². The van der Waals surface area contributed by atoms with Crippen molar-refractivity contribution < 1.29 is 14.6 Å². The predicted molar refractivity (Wildman–Crippen MR) is 179 cm³/mol. The van der Waals surface area contributed by atoms with Crippen molar-refractivity contribution in [1.82, 2.24) is 10.2 Å². The molecule has 0 aromatic heterocycles. The summed E-state index contributed by atoms with van der Waals surface area (Å²) in [5.74, 6) is 0.318. The molecule has 1 aliphatic heterocycles. The number of rotatable bonds is 17. The third kappa shape index (κ3) is 10.4. The van der Waals surface area contributed by atoms with Gasteiger partial charge < -0.3 is 36.4 Å². The number of Topliss-reactive ketones (excluding diaryl/α,β-unsaturated/α-hetero) is 1. The number of anilines is 2. The molecule has 0 saturated carbocycles. The molecule has 1 saturated heterocycles. The molecule has 8 heteroatoms. The summed E-state index contributed by atoms with van der Waals surface area (Å²) in [6.45, 7) is 13.2. The standard InChI is InChI=1S/C35H51N5O3/c1-5-31(40(19-8-22-43-6-2)32-14-15-33(36)30(23-32)9-7-18-38-4)24-34(37)35(42)29-12-10-27(11-13-29)28-16-20-39(21-17-28)25-26(3)41/h5,7,9-15,23-24,26,28,34,38,41H,1,6,8,16-22,25,36-37H2,2-4H3/b9-7?,31-24+/t26-,34?/m1/s1. The molecule has 0 radical (unpaired) electrons. The molecule has 0 bridgehead atoms. The zero-order valence-electron chi connectivity index (χ0n) is 26.2. The van der Waals surface area contributed by atoms with Gasteiger partial charge in [-0.2, -0.15) is 0 Å². The van der Waals surface area contributed by atoms with Gasteiger partial charge in [-0.15, -0.1) is 0 Å². The van der Waals surface area contributed by atoms with E-state index in [2.05, 4.69) is 33.8 Å². The number of carbonyl (C=O) groups is 1. The molecule has 1 aliphatic rings.